The number of hydrogen-bond donors (Lipinski definition) is 1. The number of carbonyl (C=O) groups excluding carboxylic acids is 2. The zero-order valence-corrected chi connectivity index (χ0v) is 22.2. The highest BCUT2D eigenvalue weighted by Gasteiger charge is 2.30. The molecule has 2 rings (SSSR count). The first kappa shape index (κ1) is 27.7. The second kappa shape index (κ2) is 11.7. The molecule has 0 spiro atoms. The number of halogens is 1. The van der Waals surface area contributed by atoms with Gasteiger partial charge in [0.25, 0.3) is 0 Å². The van der Waals surface area contributed by atoms with Gasteiger partial charge in [0, 0.05) is 18.1 Å². The first-order chi connectivity index (χ1) is 15.8. The summed E-state index contributed by atoms with van der Waals surface area (Å²) in [5, 5.41) is 3.31. The molecule has 0 aliphatic rings. The fourth-order valence-corrected chi connectivity index (χ4v) is 4.58. The number of carbonyl (C=O) groups is 2. The van der Waals surface area contributed by atoms with Crippen LogP contribution in [0, 0.1) is 19.8 Å². The van der Waals surface area contributed by atoms with Crippen LogP contribution in [0.1, 0.15) is 37.5 Å². The zero-order valence-electron chi connectivity index (χ0n) is 20.6. The SMILES string of the molecule is Cc1cc(C)cc(N(CC(=O)N(Cc2ccccc2Cl)C(C)C(=O)NCC(C)C)S(C)(=O)=O)c1. The number of rotatable bonds is 10. The number of aryl methyl sites for hydroxylation is 2. The van der Waals surface area contributed by atoms with Gasteiger partial charge in [-0.1, -0.05) is 49.7 Å². The van der Waals surface area contributed by atoms with Gasteiger partial charge in [-0.25, -0.2) is 8.42 Å². The predicted molar refractivity (Wildman–Crippen MR) is 137 cm³/mol. The molecule has 2 amide bonds. The van der Waals surface area contributed by atoms with Gasteiger partial charge < -0.3 is 10.2 Å². The molecular formula is C25H34ClN3O4S. The molecule has 34 heavy (non-hydrogen) atoms. The van der Waals surface area contributed by atoms with E-state index in [1.54, 1.807) is 43.3 Å². The van der Waals surface area contributed by atoms with Gasteiger partial charge in [0.15, 0.2) is 0 Å². The Morgan fingerprint density at radius 2 is 1.62 bits per heavy atom. The van der Waals surface area contributed by atoms with Gasteiger partial charge >= 0.3 is 0 Å². The van der Waals surface area contributed by atoms with E-state index in [9.17, 15) is 18.0 Å². The molecule has 1 atom stereocenters. The molecule has 0 bridgehead atoms. The average molecular weight is 508 g/mol. The maximum Gasteiger partial charge on any atom is 0.244 e. The molecule has 0 aliphatic carbocycles. The van der Waals surface area contributed by atoms with Crippen molar-refractivity contribution in [3.63, 3.8) is 0 Å². The van der Waals surface area contributed by atoms with Crippen LogP contribution in [0.5, 0.6) is 0 Å². The van der Waals surface area contributed by atoms with Gasteiger partial charge in [-0.3, -0.25) is 13.9 Å². The van der Waals surface area contributed by atoms with Crippen molar-refractivity contribution in [2.75, 3.05) is 23.7 Å². The normalized spacial score (nSPS) is 12.4. The fourth-order valence-electron chi connectivity index (χ4n) is 3.55. The minimum absolute atomic E-state index is 0.0687. The fraction of sp³-hybridized carbons (Fsp3) is 0.440. The second-order valence-electron chi connectivity index (χ2n) is 9.04. The van der Waals surface area contributed by atoms with E-state index in [0.717, 1.165) is 21.7 Å². The molecule has 0 aromatic heterocycles. The van der Waals surface area contributed by atoms with E-state index < -0.39 is 28.5 Å². The van der Waals surface area contributed by atoms with Gasteiger partial charge in [-0.15, -0.1) is 0 Å². The van der Waals surface area contributed by atoms with E-state index in [1.165, 1.54) is 4.90 Å². The molecule has 0 heterocycles. The van der Waals surface area contributed by atoms with Crippen molar-refractivity contribution in [1.82, 2.24) is 10.2 Å². The molecule has 0 saturated carbocycles. The summed E-state index contributed by atoms with van der Waals surface area (Å²) in [4.78, 5) is 27.8. The van der Waals surface area contributed by atoms with Crippen molar-refractivity contribution in [3.05, 3.63) is 64.2 Å². The monoisotopic (exact) mass is 507 g/mol. The number of nitrogens with one attached hydrogen (secondary N) is 1. The van der Waals surface area contributed by atoms with E-state index in [4.69, 9.17) is 11.6 Å². The lowest BCUT2D eigenvalue weighted by Gasteiger charge is -2.32. The van der Waals surface area contributed by atoms with Gasteiger partial charge in [0.05, 0.1) is 11.9 Å². The summed E-state index contributed by atoms with van der Waals surface area (Å²) in [6.07, 6.45) is 1.06. The standard InChI is InChI=1S/C25H34ClN3O4S/c1-17(2)14-27-25(31)20(5)28(15-21-9-7-8-10-23(21)26)24(30)16-29(34(6,32)33)22-12-18(3)11-19(4)13-22/h7-13,17,20H,14-16H2,1-6H3,(H,27,31). The van der Waals surface area contributed by atoms with E-state index in [-0.39, 0.29) is 18.4 Å². The summed E-state index contributed by atoms with van der Waals surface area (Å²) in [5.74, 6) is -0.572. The lowest BCUT2D eigenvalue weighted by Crippen LogP contribution is -2.51. The molecule has 2 aromatic rings. The first-order valence-electron chi connectivity index (χ1n) is 11.2. The highest BCUT2D eigenvalue weighted by atomic mass is 35.5. The van der Waals surface area contributed by atoms with Crippen molar-refractivity contribution in [2.24, 2.45) is 5.92 Å². The van der Waals surface area contributed by atoms with Crippen LogP contribution in [0.2, 0.25) is 5.02 Å². The molecule has 1 unspecified atom stereocenters. The van der Waals surface area contributed by atoms with Crippen LogP contribution in [-0.2, 0) is 26.2 Å². The Hall–Kier alpha value is -2.58. The summed E-state index contributed by atoms with van der Waals surface area (Å²) in [6.45, 7) is 9.42. The van der Waals surface area contributed by atoms with Crippen molar-refractivity contribution in [1.29, 1.82) is 0 Å². The number of sulfonamides is 1. The van der Waals surface area contributed by atoms with Crippen LogP contribution >= 0.6 is 11.6 Å². The van der Waals surface area contributed by atoms with Crippen LogP contribution in [0.25, 0.3) is 0 Å². The molecule has 9 heteroatoms. The van der Waals surface area contributed by atoms with E-state index >= 15 is 0 Å². The highest BCUT2D eigenvalue weighted by molar-refractivity contribution is 7.92. The van der Waals surface area contributed by atoms with Gasteiger partial charge in [-0.05, 0) is 61.6 Å². The second-order valence-corrected chi connectivity index (χ2v) is 11.4. The molecule has 2 aromatic carbocycles. The average Bonchev–Trinajstić information content (AvgIpc) is 2.73. The van der Waals surface area contributed by atoms with Gasteiger partial charge in [0.2, 0.25) is 21.8 Å². The van der Waals surface area contributed by atoms with E-state index in [0.29, 0.717) is 22.8 Å². The van der Waals surface area contributed by atoms with Crippen molar-refractivity contribution in [3.8, 4) is 0 Å². The smallest absolute Gasteiger partial charge is 0.244 e. The Kier molecular flexibility index (Phi) is 9.53. The van der Waals surface area contributed by atoms with Crippen molar-refractivity contribution < 1.29 is 18.0 Å². The number of hydrogen-bond acceptors (Lipinski definition) is 4. The number of nitrogens with zero attached hydrogens (tertiary/aromatic N) is 2. The summed E-state index contributed by atoms with van der Waals surface area (Å²) < 4.78 is 26.4. The highest BCUT2D eigenvalue weighted by Crippen LogP contribution is 2.23. The summed E-state index contributed by atoms with van der Waals surface area (Å²) in [7, 11) is -3.77. The van der Waals surface area contributed by atoms with Gasteiger partial charge in [0.1, 0.15) is 12.6 Å². The largest absolute Gasteiger partial charge is 0.354 e. The molecule has 0 fully saturated rings. The summed E-state index contributed by atoms with van der Waals surface area (Å²) >= 11 is 6.32. The Labute approximate surface area is 208 Å². The van der Waals surface area contributed by atoms with Crippen LogP contribution in [0.3, 0.4) is 0 Å². The Bertz CT molecular complexity index is 1110. The zero-order chi connectivity index (χ0) is 25.6. The third-order valence-corrected chi connectivity index (χ3v) is 6.83. The van der Waals surface area contributed by atoms with Crippen LogP contribution < -0.4 is 9.62 Å². The number of amides is 2. The summed E-state index contributed by atoms with van der Waals surface area (Å²) in [6, 6.07) is 11.6. The predicted octanol–water partition coefficient (Wildman–Crippen LogP) is 3.91. The minimum Gasteiger partial charge on any atom is -0.354 e. The Morgan fingerprint density at radius 1 is 1.03 bits per heavy atom. The summed E-state index contributed by atoms with van der Waals surface area (Å²) in [5.41, 5.74) is 2.83. The quantitative estimate of drug-likeness (QED) is 0.528. The van der Waals surface area contributed by atoms with Crippen molar-refractivity contribution >= 4 is 39.1 Å². The first-order valence-corrected chi connectivity index (χ1v) is 13.4. The maximum absolute atomic E-state index is 13.5. The van der Waals surface area contributed by atoms with Crippen LogP contribution in [-0.4, -0.2) is 50.5 Å². The lowest BCUT2D eigenvalue weighted by atomic mass is 10.1. The van der Waals surface area contributed by atoms with E-state index in [2.05, 4.69) is 5.32 Å². The van der Waals surface area contributed by atoms with Crippen LogP contribution in [0.15, 0.2) is 42.5 Å². The topological polar surface area (TPSA) is 86.8 Å². The Balaban J connectivity index is 2.41. The molecule has 0 saturated heterocycles. The maximum atomic E-state index is 13.5. The molecular weight excluding hydrogens is 474 g/mol. The van der Waals surface area contributed by atoms with E-state index in [1.807, 2.05) is 33.8 Å². The van der Waals surface area contributed by atoms with Crippen LogP contribution in [0.4, 0.5) is 5.69 Å². The van der Waals surface area contributed by atoms with Crippen molar-refractivity contribution in [2.45, 2.75) is 47.2 Å². The third-order valence-electron chi connectivity index (χ3n) is 5.32. The minimum atomic E-state index is -3.77. The molecule has 186 valence electrons. The number of anilines is 1. The molecule has 1 N–H and O–H groups in total. The third kappa shape index (κ3) is 7.74. The lowest BCUT2D eigenvalue weighted by molar-refractivity contribution is -0.139. The molecule has 0 radical (unpaired) electrons. The number of benzene rings is 2. The Morgan fingerprint density at radius 3 is 2.15 bits per heavy atom. The van der Waals surface area contributed by atoms with Gasteiger partial charge in [-0.2, -0.15) is 0 Å². The molecule has 7 nitrogen and oxygen atoms in total. The molecule has 0 aliphatic heterocycles.